The molecule has 0 bridgehead atoms. The first kappa shape index (κ1) is 14.2. The standard InChI is InChI=1S/C10H16N4O3S/c1-3-10(2,7(11)14-17)8(15)12-4-6-5-18-9(16)13-6/h5,17H,3-4H2,1-2H3,(H2,11,14)(H,12,15)(H,13,16). The average Bonchev–Trinajstić information content (AvgIpc) is 2.79. The number of nitrogens with zero attached hydrogens (tertiary/aromatic N) is 1. The second-order valence-electron chi connectivity index (χ2n) is 4.03. The lowest BCUT2D eigenvalue weighted by Crippen LogP contribution is -2.47. The van der Waals surface area contributed by atoms with Gasteiger partial charge in [0.15, 0.2) is 5.84 Å². The quantitative estimate of drug-likeness (QED) is 0.265. The highest BCUT2D eigenvalue weighted by molar-refractivity contribution is 7.07. The molecule has 18 heavy (non-hydrogen) atoms. The minimum Gasteiger partial charge on any atom is -0.409 e. The first-order chi connectivity index (χ1) is 8.43. The zero-order valence-corrected chi connectivity index (χ0v) is 11.0. The van der Waals surface area contributed by atoms with E-state index in [1.807, 2.05) is 0 Å². The number of rotatable bonds is 5. The number of thiazole rings is 1. The van der Waals surface area contributed by atoms with Crippen LogP contribution >= 0.6 is 11.3 Å². The van der Waals surface area contributed by atoms with Crippen LogP contribution in [0.25, 0.3) is 0 Å². The van der Waals surface area contributed by atoms with Gasteiger partial charge in [0.2, 0.25) is 5.91 Å². The van der Waals surface area contributed by atoms with Gasteiger partial charge in [-0.25, -0.2) is 0 Å². The molecule has 1 aromatic rings. The van der Waals surface area contributed by atoms with E-state index in [1.54, 1.807) is 19.2 Å². The van der Waals surface area contributed by atoms with Gasteiger partial charge in [-0.2, -0.15) is 0 Å². The highest BCUT2D eigenvalue weighted by Crippen LogP contribution is 2.21. The average molecular weight is 272 g/mol. The van der Waals surface area contributed by atoms with E-state index in [0.29, 0.717) is 12.1 Å². The van der Waals surface area contributed by atoms with Crippen molar-refractivity contribution in [3.8, 4) is 0 Å². The van der Waals surface area contributed by atoms with Gasteiger partial charge in [0.1, 0.15) is 5.41 Å². The third kappa shape index (κ3) is 2.89. The SMILES string of the molecule is CCC(C)(C(=O)NCc1csc(=O)[nH]1)C(N)=NO. The summed E-state index contributed by atoms with van der Waals surface area (Å²) in [6, 6.07) is 0. The lowest BCUT2D eigenvalue weighted by molar-refractivity contribution is -0.127. The predicted octanol–water partition coefficient (Wildman–Crippen LogP) is 0.215. The Bertz CT molecular complexity index is 507. The molecule has 1 aromatic heterocycles. The Balaban J connectivity index is 2.72. The van der Waals surface area contributed by atoms with Gasteiger partial charge in [0.25, 0.3) is 0 Å². The molecule has 1 rings (SSSR count). The second-order valence-corrected chi connectivity index (χ2v) is 4.87. The van der Waals surface area contributed by atoms with Crippen LogP contribution in [0.5, 0.6) is 0 Å². The van der Waals surface area contributed by atoms with Crippen molar-refractivity contribution < 1.29 is 10.0 Å². The smallest absolute Gasteiger partial charge is 0.304 e. The van der Waals surface area contributed by atoms with Crippen LogP contribution in [0.3, 0.4) is 0 Å². The van der Waals surface area contributed by atoms with Crippen molar-refractivity contribution in [3.63, 3.8) is 0 Å². The zero-order valence-electron chi connectivity index (χ0n) is 10.2. The van der Waals surface area contributed by atoms with Crippen molar-refractivity contribution in [1.29, 1.82) is 0 Å². The number of amides is 1. The first-order valence-corrected chi connectivity index (χ1v) is 6.25. The minimum absolute atomic E-state index is 0.138. The highest BCUT2D eigenvalue weighted by Gasteiger charge is 2.36. The Morgan fingerprint density at radius 2 is 2.39 bits per heavy atom. The number of hydrogen-bond donors (Lipinski definition) is 4. The number of nitrogens with two attached hydrogens (primary N) is 1. The number of hydrogen-bond acceptors (Lipinski definition) is 5. The van der Waals surface area contributed by atoms with Gasteiger partial charge in [0, 0.05) is 11.1 Å². The summed E-state index contributed by atoms with van der Waals surface area (Å²) in [6.45, 7) is 3.56. The van der Waals surface area contributed by atoms with Crippen LogP contribution in [-0.4, -0.2) is 21.9 Å². The second kappa shape index (κ2) is 5.67. The molecule has 1 amide bonds. The molecule has 100 valence electrons. The van der Waals surface area contributed by atoms with Gasteiger partial charge in [-0.1, -0.05) is 23.4 Å². The summed E-state index contributed by atoms with van der Waals surface area (Å²) in [5.41, 5.74) is 5.08. The molecule has 1 unspecified atom stereocenters. The van der Waals surface area contributed by atoms with E-state index in [1.165, 1.54) is 0 Å². The fourth-order valence-electron chi connectivity index (χ4n) is 1.34. The molecule has 0 radical (unpaired) electrons. The highest BCUT2D eigenvalue weighted by atomic mass is 32.1. The molecule has 1 heterocycles. The molecule has 0 saturated carbocycles. The molecule has 1 atom stereocenters. The molecule has 5 N–H and O–H groups in total. The Hall–Kier alpha value is -1.83. The van der Waals surface area contributed by atoms with Gasteiger partial charge >= 0.3 is 4.87 Å². The number of carbonyl (C=O) groups is 1. The third-order valence-corrected chi connectivity index (χ3v) is 3.61. The summed E-state index contributed by atoms with van der Waals surface area (Å²) < 4.78 is 0. The van der Waals surface area contributed by atoms with E-state index in [2.05, 4.69) is 15.5 Å². The summed E-state index contributed by atoms with van der Waals surface area (Å²) in [4.78, 5) is 25.3. The van der Waals surface area contributed by atoms with Crippen LogP contribution in [-0.2, 0) is 11.3 Å². The zero-order chi connectivity index (χ0) is 13.8. The summed E-state index contributed by atoms with van der Waals surface area (Å²) in [5.74, 6) is -0.492. The van der Waals surface area contributed by atoms with Crippen molar-refractivity contribution in [2.75, 3.05) is 0 Å². The van der Waals surface area contributed by atoms with E-state index in [4.69, 9.17) is 10.9 Å². The summed E-state index contributed by atoms with van der Waals surface area (Å²) in [7, 11) is 0. The van der Waals surface area contributed by atoms with Crippen molar-refractivity contribution in [3.05, 3.63) is 20.7 Å². The predicted molar refractivity (Wildman–Crippen MR) is 68.6 cm³/mol. The van der Waals surface area contributed by atoms with E-state index in [0.717, 1.165) is 11.3 Å². The number of nitrogens with one attached hydrogen (secondary N) is 2. The van der Waals surface area contributed by atoms with Crippen LogP contribution in [0, 0.1) is 5.41 Å². The monoisotopic (exact) mass is 272 g/mol. The van der Waals surface area contributed by atoms with Crippen molar-refractivity contribution in [2.45, 2.75) is 26.8 Å². The molecule has 0 aromatic carbocycles. The maximum Gasteiger partial charge on any atom is 0.304 e. The van der Waals surface area contributed by atoms with E-state index in [9.17, 15) is 9.59 Å². The molecule has 0 spiro atoms. The first-order valence-electron chi connectivity index (χ1n) is 5.37. The maximum atomic E-state index is 12.0. The molecule has 0 aliphatic heterocycles. The van der Waals surface area contributed by atoms with Gasteiger partial charge in [-0.3, -0.25) is 9.59 Å². The Morgan fingerprint density at radius 3 is 2.83 bits per heavy atom. The molecular weight excluding hydrogens is 256 g/mol. The molecule has 7 nitrogen and oxygen atoms in total. The normalized spacial score (nSPS) is 15.1. The third-order valence-electron chi connectivity index (χ3n) is 2.89. The van der Waals surface area contributed by atoms with Gasteiger partial charge < -0.3 is 21.2 Å². The minimum atomic E-state index is -1.06. The number of oxime groups is 1. The van der Waals surface area contributed by atoms with Crippen molar-refractivity contribution in [1.82, 2.24) is 10.3 Å². The van der Waals surface area contributed by atoms with Gasteiger partial charge in [-0.15, -0.1) is 0 Å². The molecular formula is C10H16N4O3S. The molecule has 8 heteroatoms. The van der Waals surface area contributed by atoms with E-state index >= 15 is 0 Å². The number of carbonyl (C=O) groups excluding carboxylic acids is 1. The van der Waals surface area contributed by atoms with Crippen molar-refractivity contribution in [2.24, 2.45) is 16.3 Å². The Labute approximate surface area is 108 Å². The van der Waals surface area contributed by atoms with Gasteiger partial charge in [-0.05, 0) is 13.3 Å². The summed E-state index contributed by atoms with van der Waals surface area (Å²) in [6.07, 6.45) is 0.398. The van der Waals surface area contributed by atoms with E-state index in [-0.39, 0.29) is 23.2 Å². The fourth-order valence-corrected chi connectivity index (χ4v) is 1.92. The molecule has 0 fully saturated rings. The van der Waals surface area contributed by atoms with Crippen LogP contribution in [0.2, 0.25) is 0 Å². The lowest BCUT2D eigenvalue weighted by atomic mass is 9.85. The van der Waals surface area contributed by atoms with Crippen LogP contribution in [0.15, 0.2) is 15.3 Å². The Morgan fingerprint density at radius 1 is 1.72 bits per heavy atom. The largest absolute Gasteiger partial charge is 0.409 e. The summed E-state index contributed by atoms with van der Waals surface area (Å²) in [5, 5.41) is 15.8. The van der Waals surface area contributed by atoms with Crippen molar-refractivity contribution >= 4 is 23.1 Å². The lowest BCUT2D eigenvalue weighted by Gasteiger charge is -2.25. The van der Waals surface area contributed by atoms with E-state index < -0.39 is 5.41 Å². The van der Waals surface area contributed by atoms with Crippen LogP contribution in [0.4, 0.5) is 0 Å². The van der Waals surface area contributed by atoms with Gasteiger partial charge in [0.05, 0.1) is 6.54 Å². The number of aromatic nitrogens is 1. The summed E-state index contributed by atoms with van der Waals surface area (Å²) >= 11 is 1.03. The molecule has 0 aliphatic carbocycles. The van der Waals surface area contributed by atoms with Crippen LogP contribution in [0.1, 0.15) is 26.0 Å². The fraction of sp³-hybridized carbons (Fsp3) is 0.500. The van der Waals surface area contributed by atoms with Crippen LogP contribution < -0.4 is 15.9 Å². The maximum absolute atomic E-state index is 12.0. The topological polar surface area (TPSA) is 121 Å². The Kier molecular flexibility index (Phi) is 4.49. The number of amidine groups is 1. The number of H-pyrrole nitrogens is 1. The number of aromatic amines is 1. The molecule has 0 aliphatic rings. The molecule has 0 saturated heterocycles.